The van der Waals surface area contributed by atoms with Crippen LogP contribution in [0.3, 0.4) is 0 Å². The molecule has 0 saturated heterocycles. The number of carbonyl (C=O) groups is 1. The molecular formula is C25H23F3N8O. The number of hydrogen-bond donors (Lipinski definition) is 1. The summed E-state index contributed by atoms with van der Waals surface area (Å²) in [6.45, 7) is 0.151. The molecule has 2 N–H and O–H groups in total. The van der Waals surface area contributed by atoms with Crippen LogP contribution in [0.2, 0.25) is 0 Å². The number of amides is 1. The molecule has 3 heterocycles. The van der Waals surface area contributed by atoms with E-state index < -0.39 is 11.7 Å². The number of nitrogens with zero attached hydrogens (tertiary/aromatic N) is 7. The molecule has 190 valence electrons. The molecule has 0 aliphatic rings. The van der Waals surface area contributed by atoms with Crippen molar-refractivity contribution >= 4 is 33.5 Å². The zero-order chi connectivity index (χ0) is 26.5. The third kappa shape index (κ3) is 4.47. The van der Waals surface area contributed by atoms with Crippen LogP contribution in [-0.2, 0) is 19.8 Å². The summed E-state index contributed by atoms with van der Waals surface area (Å²) in [5.74, 6) is 0.108. The average molecular weight is 509 g/mol. The van der Waals surface area contributed by atoms with E-state index in [9.17, 15) is 18.0 Å². The standard InChI is InChI=1S/C25H23F3N8O/c1-33(2)36(14-17-10-11-35(32-17)18-7-5-16(6-8-18)25(26,27)28)24(37)15-4-9-21-19(12-15)22-20(23(29)31-21)13-30-34(22)3/h4-13H,14H2,1-3H3,(H2,29,31). The van der Waals surface area contributed by atoms with Gasteiger partial charge in [0.2, 0.25) is 0 Å². The molecule has 2 aromatic carbocycles. The lowest BCUT2D eigenvalue weighted by molar-refractivity contribution is -0.137. The Morgan fingerprint density at radius 1 is 1.05 bits per heavy atom. The number of pyridine rings is 1. The number of carbonyl (C=O) groups excluding carboxylic acids is 1. The van der Waals surface area contributed by atoms with Gasteiger partial charge < -0.3 is 5.73 Å². The molecule has 0 radical (unpaired) electrons. The van der Waals surface area contributed by atoms with E-state index in [1.54, 1.807) is 67.5 Å². The first-order chi connectivity index (χ1) is 17.5. The molecule has 0 unspecified atom stereocenters. The minimum absolute atomic E-state index is 0.151. The summed E-state index contributed by atoms with van der Waals surface area (Å²) in [5.41, 5.74) is 8.25. The number of nitrogen functional groups attached to an aromatic ring is 1. The van der Waals surface area contributed by atoms with E-state index in [1.165, 1.54) is 21.8 Å². The van der Waals surface area contributed by atoms with E-state index in [1.807, 2.05) is 0 Å². The monoisotopic (exact) mass is 508 g/mol. The summed E-state index contributed by atoms with van der Waals surface area (Å²) in [6.07, 6.45) is -1.12. The number of aromatic nitrogens is 5. The highest BCUT2D eigenvalue weighted by atomic mass is 19.4. The van der Waals surface area contributed by atoms with E-state index in [2.05, 4.69) is 15.2 Å². The van der Waals surface area contributed by atoms with Crippen molar-refractivity contribution in [3.63, 3.8) is 0 Å². The molecule has 0 aliphatic carbocycles. The molecule has 0 atom stereocenters. The second kappa shape index (κ2) is 8.89. The minimum atomic E-state index is -4.41. The largest absolute Gasteiger partial charge is 0.416 e. The number of hydrazine groups is 1. The fourth-order valence-electron chi connectivity index (χ4n) is 4.18. The average Bonchev–Trinajstić information content (AvgIpc) is 3.49. The van der Waals surface area contributed by atoms with Crippen molar-refractivity contribution in [2.24, 2.45) is 7.05 Å². The van der Waals surface area contributed by atoms with Gasteiger partial charge in [-0.05, 0) is 48.5 Å². The molecule has 5 aromatic rings. The quantitative estimate of drug-likeness (QED) is 0.360. The van der Waals surface area contributed by atoms with Crippen LogP contribution in [-0.4, -0.2) is 54.6 Å². The highest BCUT2D eigenvalue weighted by molar-refractivity contribution is 6.10. The molecule has 12 heteroatoms. The summed E-state index contributed by atoms with van der Waals surface area (Å²) in [6, 6.07) is 11.6. The van der Waals surface area contributed by atoms with Gasteiger partial charge in [-0.3, -0.25) is 14.5 Å². The molecule has 37 heavy (non-hydrogen) atoms. The van der Waals surface area contributed by atoms with Crippen molar-refractivity contribution in [1.82, 2.24) is 34.6 Å². The van der Waals surface area contributed by atoms with Crippen molar-refractivity contribution in [3.05, 3.63) is 77.7 Å². The predicted octanol–water partition coefficient (Wildman–Crippen LogP) is 4.03. The molecule has 0 aliphatic heterocycles. The van der Waals surface area contributed by atoms with Crippen LogP contribution in [0, 0.1) is 0 Å². The minimum Gasteiger partial charge on any atom is -0.383 e. The Hall–Kier alpha value is -4.45. The maximum absolute atomic E-state index is 13.5. The molecule has 0 saturated carbocycles. The van der Waals surface area contributed by atoms with Crippen molar-refractivity contribution in [2.45, 2.75) is 12.7 Å². The van der Waals surface area contributed by atoms with Gasteiger partial charge in [0, 0.05) is 38.3 Å². The van der Waals surface area contributed by atoms with Gasteiger partial charge in [-0.25, -0.2) is 14.7 Å². The number of hydrogen-bond acceptors (Lipinski definition) is 6. The topological polar surface area (TPSA) is 98.1 Å². The van der Waals surface area contributed by atoms with Gasteiger partial charge in [-0.15, -0.1) is 0 Å². The van der Waals surface area contributed by atoms with Crippen molar-refractivity contribution in [1.29, 1.82) is 0 Å². The second-order valence-electron chi connectivity index (χ2n) is 8.77. The summed E-state index contributed by atoms with van der Waals surface area (Å²) >= 11 is 0. The van der Waals surface area contributed by atoms with Crippen LogP contribution < -0.4 is 5.73 Å². The van der Waals surface area contributed by atoms with Crippen LogP contribution >= 0.6 is 0 Å². The van der Waals surface area contributed by atoms with Gasteiger partial charge >= 0.3 is 6.18 Å². The van der Waals surface area contributed by atoms with E-state index >= 15 is 0 Å². The first-order valence-electron chi connectivity index (χ1n) is 11.2. The number of fused-ring (bicyclic) bond motifs is 3. The van der Waals surface area contributed by atoms with Gasteiger partial charge in [0.15, 0.2) is 0 Å². The Morgan fingerprint density at radius 2 is 1.78 bits per heavy atom. The zero-order valence-corrected chi connectivity index (χ0v) is 20.2. The maximum Gasteiger partial charge on any atom is 0.416 e. The molecular weight excluding hydrogens is 485 g/mol. The summed E-state index contributed by atoms with van der Waals surface area (Å²) in [4.78, 5) is 18.0. The molecule has 9 nitrogen and oxygen atoms in total. The maximum atomic E-state index is 13.5. The Balaban J connectivity index is 1.43. The van der Waals surface area contributed by atoms with Crippen LogP contribution in [0.5, 0.6) is 0 Å². The normalized spacial score (nSPS) is 12.1. The van der Waals surface area contributed by atoms with Gasteiger partial charge in [0.1, 0.15) is 5.82 Å². The number of nitrogens with two attached hydrogens (primary N) is 1. The zero-order valence-electron chi connectivity index (χ0n) is 20.2. The number of rotatable bonds is 5. The smallest absolute Gasteiger partial charge is 0.383 e. The second-order valence-corrected chi connectivity index (χ2v) is 8.77. The number of alkyl halides is 3. The predicted molar refractivity (Wildman–Crippen MR) is 133 cm³/mol. The van der Waals surface area contributed by atoms with Gasteiger partial charge in [0.05, 0.1) is 46.1 Å². The molecule has 0 spiro atoms. The highest BCUT2D eigenvalue weighted by Gasteiger charge is 2.30. The Labute approximate surface area is 209 Å². The lowest BCUT2D eigenvalue weighted by Crippen LogP contribution is -2.41. The molecule has 3 aromatic heterocycles. The van der Waals surface area contributed by atoms with Crippen LogP contribution in [0.25, 0.3) is 27.5 Å². The van der Waals surface area contributed by atoms with E-state index in [4.69, 9.17) is 5.73 Å². The van der Waals surface area contributed by atoms with Crippen molar-refractivity contribution in [2.75, 3.05) is 19.8 Å². The number of aryl methyl sites for hydroxylation is 1. The number of anilines is 1. The third-order valence-electron chi connectivity index (χ3n) is 6.09. The lowest BCUT2D eigenvalue weighted by Gasteiger charge is -2.28. The Bertz CT molecular complexity index is 1620. The molecule has 0 bridgehead atoms. The lowest BCUT2D eigenvalue weighted by atomic mass is 10.1. The third-order valence-corrected chi connectivity index (χ3v) is 6.09. The summed E-state index contributed by atoms with van der Waals surface area (Å²) in [5, 5.41) is 13.4. The fraction of sp³-hybridized carbons (Fsp3) is 0.200. The van der Waals surface area contributed by atoms with Crippen molar-refractivity contribution < 1.29 is 18.0 Å². The van der Waals surface area contributed by atoms with Crippen LogP contribution in [0.1, 0.15) is 21.6 Å². The molecule has 1 amide bonds. The Morgan fingerprint density at radius 3 is 2.46 bits per heavy atom. The first-order valence-corrected chi connectivity index (χ1v) is 11.2. The summed E-state index contributed by atoms with van der Waals surface area (Å²) in [7, 11) is 5.29. The highest BCUT2D eigenvalue weighted by Crippen LogP contribution is 2.30. The molecule has 5 rings (SSSR count). The Kier molecular flexibility index (Phi) is 5.83. The van der Waals surface area contributed by atoms with E-state index in [0.717, 1.165) is 23.0 Å². The van der Waals surface area contributed by atoms with Gasteiger partial charge in [-0.2, -0.15) is 23.4 Å². The van der Waals surface area contributed by atoms with Crippen LogP contribution in [0.4, 0.5) is 19.0 Å². The molecule has 0 fully saturated rings. The van der Waals surface area contributed by atoms with Crippen LogP contribution in [0.15, 0.2) is 60.9 Å². The summed E-state index contributed by atoms with van der Waals surface area (Å²) < 4.78 is 41.8. The fourth-order valence-corrected chi connectivity index (χ4v) is 4.18. The number of benzene rings is 2. The van der Waals surface area contributed by atoms with E-state index in [-0.39, 0.29) is 12.5 Å². The van der Waals surface area contributed by atoms with Crippen molar-refractivity contribution in [3.8, 4) is 5.69 Å². The van der Waals surface area contributed by atoms with Gasteiger partial charge in [0.25, 0.3) is 5.91 Å². The van der Waals surface area contributed by atoms with E-state index in [0.29, 0.717) is 33.7 Å². The van der Waals surface area contributed by atoms with Gasteiger partial charge in [-0.1, -0.05) is 0 Å². The number of halogens is 3. The first kappa shape index (κ1) is 24.3. The SMILES string of the molecule is CN(C)N(Cc1ccn(-c2ccc(C(F)(F)F)cc2)n1)C(=O)c1ccc2nc(N)c3cnn(C)c3c2c1.